The maximum Gasteiger partial charge on any atom is 0.119 e. The lowest BCUT2D eigenvalue weighted by Gasteiger charge is -2.36. The number of carboxylic acids is 1. The molecule has 0 aliphatic heterocycles. The molecule has 1 atom stereocenters. The third-order valence-electron chi connectivity index (χ3n) is 4.77. The highest BCUT2D eigenvalue weighted by atomic mass is 16.4. The molecule has 0 heterocycles. The fourth-order valence-electron chi connectivity index (χ4n) is 3.56. The number of carboxylic acid groups (broad SMARTS) is 1. The molecule has 0 saturated heterocycles. The zero-order chi connectivity index (χ0) is 22.0. The van der Waals surface area contributed by atoms with Crippen molar-refractivity contribution in [3.05, 3.63) is 36.5 Å². The van der Waals surface area contributed by atoms with E-state index in [9.17, 15) is 15.0 Å². The first-order chi connectivity index (χ1) is 13.7. The lowest BCUT2D eigenvalue weighted by molar-refractivity contribution is -0.877. The Morgan fingerprint density at radius 1 is 0.862 bits per heavy atom. The average molecular weight is 408 g/mol. The number of aliphatic carboxylic acids is 1. The van der Waals surface area contributed by atoms with E-state index in [-0.39, 0.29) is 6.42 Å². The van der Waals surface area contributed by atoms with Crippen molar-refractivity contribution in [1.29, 1.82) is 0 Å². The number of nitrogens with zero attached hydrogens (tertiary/aromatic N) is 1. The summed E-state index contributed by atoms with van der Waals surface area (Å²) in [5, 5.41) is 21.6. The molecular weight excluding hydrogens is 362 g/mol. The van der Waals surface area contributed by atoms with Crippen LogP contribution in [0.15, 0.2) is 36.5 Å². The summed E-state index contributed by atoms with van der Waals surface area (Å²) in [4.78, 5) is 11.0. The van der Waals surface area contributed by atoms with Crippen molar-refractivity contribution in [2.24, 2.45) is 0 Å². The lowest BCUT2D eigenvalue weighted by atomic mass is 9.91. The van der Waals surface area contributed by atoms with E-state index >= 15 is 0 Å². The van der Waals surface area contributed by atoms with Gasteiger partial charge in [0.1, 0.15) is 12.1 Å². The maximum atomic E-state index is 11.0. The van der Waals surface area contributed by atoms with E-state index in [4.69, 9.17) is 0 Å². The minimum atomic E-state index is -1.18. The number of hydrogen-bond donors (Lipinski definition) is 1. The monoisotopic (exact) mass is 407 g/mol. The number of unbranched alkanes of at least 4 members (excludes halogenated alkanes) is 6. The molecule has 4 heteroatoms. The largest absolute Gasteiger partial charge is 0.550 e. The Bertz CT molecular complexity index is 503. The zero-order valence-electron chi connectivity index (χ0n) is 19.4. The molecule has 0 radical (unpaired) electrons. The number of hydrogen-bond acceptors (Lipinski definition) is 3. The molecule has 0 aromatic rings. The van der Waals surface area contributed by atoms with Crippen LogP contribution in [0.1, 0.15) is 84.0 Å². The number of likely N-dealkylation sites (N-methyl/N-ethyl adjacent to an activating group) is 1. The van der Waals surface area contributed by atoms with Gasteiger partial charge in [-0.2, -0.15) is 0 Å². The van der Waals surface area contributed by atoms with E-state index in [0.717, 1.165) is 38.5 Å². The quantitative estimate of drug-likeness (QED) is 0.206. The van der Waals surface area contributed by atoms with Crippen molar-refractivity contribution >= 4 is 5.97 Å². The van der Waals surface area contributed by atoms with E-state index in [0.29, 0.717) is 17.4 Å². The second kappa shape index (κ2) is 16.4. The van der Waals surface area contributed by atoms with Crippen LogP contribution in [0.5, 0.6) is 0 Å². The average Bonchev–Trinajstić information content (AvgIpc) is 2.59. The Labute approximate surface area is 179 Å². The second-order valence-corrected chi connectivity index (χ2v) is 9.20. The summed E-state index contributed by atoms with van der Waals surface area (Å²) >= 11 is 0. The van der Waals surface area contributed by atoms with Gasteiger partial charge in [-0.05, 0) is 44.9 Å². The zero-order valence-corrected chi connectivity index (χ0v) is 19.4. The van der Waals surface area contributed by atoms with Crippen molar-refractivity contribution in [1.82, 2.24) is 0 Å². The second-order valence-electron chi connectivity index (χ2n) is 9.20. The van der Waals surface area contributed by atoms with E-state index in [1.807, 2.05) is 21.1 Å². The molecule has 0 aliphatic carbocycles. The van der Waals surface area contributed by atoms with Crippen LogP contribution in [0.4, 0.5) is 0 Å². The lowest BCUT2D eigenvalue weighted by Crippen LogP contribution is -2.51. The van der Waals surface area contributed by atoms with Gasteiger partial charge in [-0.1, -0.05) is 69.1 Å². The summed E-state index contributed by atoms with van der Waals surface area (Å²) in [6.07, 6.45) is 24.6. The van der Waals surface area contributed by atoms with Gasteiger partial charge in [0.25, 0.3) is 0 Å². The fourth-order valence-corrected chi connectivity index (χ4v) is 3.56. The Hall–Kier alpha value is -1.39. The maximum absolute atomic E-state index is 11.0. The number of carbonyl (C=O) groups is 1. The van der Waals surface area contributed by atoms with Gasteiger partial charge in [0.15, 0.2) is 0 Å². The van der Waals surface area contributed by atoms with E-state index < -0.39 is 11.6 Å². The number of rotatable bonds is 18. The topological polar surface area (TPSA) is 60.4 Å². The molecule has 0 aliphatic rings. The number of aliphatic hydroxyl groups is 1. The van der Waals surface area contributed by atoms with Crippen molar-refractivity contribution in [3.8, 4) is 0 Å². The molecule has 4 nitrogen and oxygen atoms in total. The first-order valence-electron chi connectivity index (χ1n) is 11.4. The summed E-state index contributed by atoms with van der Waals surface area (Å²) < 4.78 is 0.536. The van der Waals surface area contributed by atoms with Gasteiger partial charge >= 0.3 is 0 Å². The SMILES string of the molecule is CCCCC/C=C\C/C=C\C/C=C\CCCCCC(O)(CC(=O)[O-])C[N+](C)(C)C. The highest BCUT2D eigenvalue weighted by molar-refractivity contribution is 5.65. The van der Waals surface area contributed by atoms with E-state index in [2.05, 4.69) is 43.4 Å². The van der Waals surface area contributed by atoms with Crippen LogP contribution in [0.25, 0.3) is 0 Å². The predicted molar refractivity (Wildman–Crippen MR) is 121 cm³/mol. The van der Waals surface area contributed by atoms with E-state index in [1.54, 1.807) is 0 Å². The van der Waals surface area contributed by atoms with Crippen LogP contribution in [0.3, 0.4) is 0 Å². The molecule has 0 spiro atoms. The minimum Gasteiger partial charge on any atom is -0.550 e. The van der Waals surface area contributed by atoms with Crippen LogP contribution < -0.4 is 5.11 Å². The third kappa shape index (κ3) is 19.7. The van der Waals surface area contributed by atoms with Crippen molar-refractivity contribution in [3.63, 3.8) is 0 Å². The predicted octanol–water partition coefficient (Wildman–Crippen LogP) is 4.54. The molecule has 168 valence electrons. The van der Waals surface area contributed by atoms with Crippen molar-refractivity contribution in [2.75, 3.05) is 27.7 Å². The van der Waals surface area contributed by atoms with Crippen LogP contribution in [-0.4, -0.2) is 48.8 Å². The van der Waals surface area contributed by atoms with Gasteiger partial charge in [-0.3, -0.25) is 0 Å². The third-order valence-corrected chi connectivity index (χ3v) is 4.77. The number of allylic oxidation sites excluding steroid dienone is 6. The Morgan fingerprint density at radius 2 is 1.38 bits per heavy atom. The molecule has 1 N–H and O–H groups in total. The molecule has 0 rings (SSSR count). The Balaban J connectivity index is 3.85. The Morgan fingerprint density at radius 3 is 1.86 bits per heavy atom. The van der Waals surface area contributed by atoms with Gasteiger partial charge in [-0.15, -0.1) is 0 Å². The standard InChI is InChI=1S/C25H45NO3/c1-5-6-7-8-9-10-11-12-13-14-15-16-17-18-19-20-21-25(29,22-24(27)28)23-26(2,3)4/h9-10,12-13,15-16,29H,5-8,11,14,17-23H2,1-4H3/b10-9-,13-12-,16-15-. The van der Waals surface area contributed by atoms with Crippen molar-refractivity contribution in [2.45, 2.75) is 89.6 Å². The van der Waals surface area contributed by atoms with Crippen LogP contribution in [0, 0.1) is 0 Å². The summed E-state index contributed by atoms with van der Waals surface area (Å²) in [5.41, 5.74) is -1.18. The van der Waals surface area contributed by atoms with Gasteiger partial charge in [0.05, 0.1) is 21.1 Å². The van der Waals surface area contributed by atoms with Gasteiger partial charge < -0.3 is 19.5 Å². The summed E-state index contributed by atoms with van der Waals surface area (Å²) in [5.74, 6) is -1.18. The number of carbonyl (C=O) groups excluding carboxylic acids is 1. The van der Waals surface area contributed by atoms with E-state index in [1.165, 1.54) is 25.7 Å². The van der Waals surface area contributed by atoms with Crippen molar-refractivity contribution < 1.29 is 19.5 Å². The normalized spacial score (nSPS) is 14.9. The summed E-state index contributed by atoms with van der Waals surface area (Å²) in [6, 6.07) is 0. The molecule has 0 fully saturated rings. The van der Waals surface area contributed by atoms with Gasteiger partial charge in [0.2, 0.25) is 0 Å². The molecule has 0 aromatic carbocycles. The van der Waals surface area contributed by atoms with Crippen LogP contribution in [-0.2, 0) is 4.79 Å². The minimum absolute atomic E-state index is 0.289. The fraction of sp³-hybridized carbons (Fsp3) is 0.720. The molecule has 1 unspecified atom stereocenters. The molecule has 0 saturated carbocycles. The summed E-state index contributed by atoms with van der Waals surface area (Å²) in [7, 11) is 5.89. The molecule has 0 bridgehead atoms. The Kier molecular flexibility index (Phi) is 15.6. The smallest absolute Gasteiger partial charge is 0.119 e. The molecule has 0 aromatic heterocycles. The molecular formula is C25H45NO3. The number of quaternary nitrogens is 1. The van der Waals surface area contributed by atoms with Gasteiger partial charge in [0, 0.05) is 12.4 Å². The summed E-state index contributed by atoms with van der Waals surface area (Å²) in [6.45, 7) is 2.65. The highest BCUT2D eigenvalue weighted by Crippen LogP contribution is 2.22. The first-order valence-corrected chi connectivity index (χ1v) is 11.4. The van der Waals surface area contributed by atoms with Gasteiger partial charge in [-0.25, -0.2) is 0 Å². The molecule has 29 heavy (non-hydrogen) atoms. The van der Waals surface area contributed by atoms with Crippen LogP contribution >= 0.6 is 0 Å². The van der Waals surface area contributed by atoms with Crippen LogP contribution in [0.2, 0.25) is 0 Å². The highest BCUT2D eigenvalue weighted by Gasteiger charge is 2.33. The molecule has 0 amide bonds. The first kappa shape index (κ1) is 27.6.